The molecule has 3 heteroatoms. The standard InChI is InChI=1S/C14H14FNO/c15-14-4-2-1-3-12(14)6-5-11-7-8-16-9-13(11)10-17/h1-4,7-9,17H,5-6,10H2. The molecule has 1 aromatic carbocycles. The van der Waals surface area contributed by atoms with Crippen LogP contribution >= 0.6 is 0 Å². The molecule has 0 unspecified atom stereocenters. The molecule has 0 aliphatic carbocycles. The van der Waals surface area contributed by atoms with Gasteiger partial charge in [-0.25, -0.2) is 4.39 Å². The minimum absolute atomic E-state index is 0.0273. The summed E-state index contributed by atoms with van der Waals surface area (Å²) in [5.74, 6) is -0.174. The van der Waals surface area contributed by atoms with Crippen LogP contribution in [-0.2, 0) is 19.4 Å². The van der Waals surface area contributed by atoms with E-state index in [0.29, 0.717) is 18.4 Å². The van der Waals surface area contributed by atoms with Crippen LogP contribution in [0.5, 0.6) is 0 Å². The summed E-state index contributed by atoms with van der Waals surface area (Å²) in [7, 11) is 0. The molecule has 0 aliphatic rings. The molecular weight excluding hydrogens is 217 g/mol. The van der Waals surface area contributed by atoms with Crippen molar-refractivity contribution in [2.75, 3.05) is 0 Å². The molecule has 2 rings (SSSR count). The zero-order valence-corrected chi connectivity index (χ0v) is 9.44. The molecule has 2 aromatic rings. The molecule has 0 atom stereocenters. The van der Waals surface area contributed by atoms with Crippen molar-refractivity contribution in [3.63, 3.8) is 0 Å². The number of hydrogen-bond acceptors (Lipinski definition) is 2. The number of hydrogen-bond donors (Lipinski definition) is 1. The Labute approximate surface area is 99.8 Å². The van der Waals surface area contributed by atoms with Crippen molar-refractivity contribution in [1.29, 1.82) is 0 Å². The molecule has 2 nitrogen and oxygen atoms in total. The Balaban J connectivity index is 2.10. The van der Waals surface area contributed by atoms with Crippen molar-refractivity contribution < 1.29 is 9.50 Å². The largest absolute Gasteiger partial charge is 0.392 e. The van der Waals surface area contributed by atoms with Gasteiger partial charge in [0.05, 0.1) is 6.61 Å². The zero-order chi connectivity index (χ0) is 12.1. The first-order valence-corrected chi connectivity index (χ1v) is 5.57. The van der Waals surface area contributed by atoms with Crippen LogP contribution in [0.4, 0.5) is 4.39 Å². The number of aliphatic hydroxyl groups excluding tert-OH is 1. The molecule has 0 radical (unpaired) electrons. The fourth-order valence-electron chi connectivity index (χ4n) is 1.81. The fraction of sp³-hybridized carbons (Fsp3) is 0.214. The Kier molecular flexibility index (Phi) is 3.83. The molecule has 17 heavy (non-hydrogen) atoms. The highest BCUT2D eigenvalue weighted by Gasteiger charge is 2.04. The Hall–Kier alpha value is -1.74. The first-order valence-electron chi connectivity index (χ1n) is 5.57. The van der Waals surface area contributed by atoms with E-state index in [0.717, 1.165) is 11.1 Å². The minimum Gasteiger partial charge on any atom is -0.392 e. The number of benzene rings is 1. The first-order chi connectivity index (χ1) is 8.31. The SMILES string of the molecule is OCc1cnccc1CCc1ccccc1F. The van der Waals surface area contributed by atoms with Crippen molar-refractivity contribution in [2.45, 2.75) is 19.4 Å². The van der Waals surface area contributed by atoms with Crippen LogP contribution in [0.3, 0.4) is 0 Å². The number of aryl methyl sites for hydroxylation is 2. The molecule has 0 bridgehead atoms. The Morgan fingerprint density at radius 1 is 1.00 bits per heavy atom. The topological polar surface area (TPSA) is 33.1 Å². The maximum absolute atomic E-state index is 13.4. The van der Waals surface area contributed by atoms with Gasteiger partial charge in [-0.3, -0.25) is 4.98 Å². The third kappa shape index (κ3) is 2.88. The lowest BCUT2D eigenvalue weighted by atomic mass is 10.0. The molecule has 0 spiro atoms. The van der Waals surface area contributed by atoms with E-state index in [2.05, 4.69) is 4.98 Å². The molecule has 1 aromatic heterocycles. The zero-order valence-electron chi connectivity index (χ0n) is 9.44. The highest BCUT2D eigenvalue weighted by Crippen LogP contribution is 2.13. The maximum Gasteiger partial charge on any atom is 0.126 e. The second-order valence-corrected chi connectivity index (χ2v) is 3.89. The molecule has 1 heterocycles. The third-order valence-corrected chi connectivity index (χ3v) is 2.80. The second-order valence-electron chi connectivity index (χ2n) is 3.89. The predicted octanol–water partition coefficient (Wildman–Crippen LogP) is 2.50. The minimum atomic E-state index is -0.174. The van der Waals surface area contributed by atoms with Gasteiger partial charge in [0.1, 0.15) is 5.82 Å². The normalized spacial score (nSPS) is 10.5. The van der Waals surface area contributed by atoms with Crippen molar-refractivity contribution >= 4 is 0 Å². The summed E-state index contributed by atoms with van der Waals surface area (Å²) in [6, 6.07) is 8.64. The second kappa shape index (κ2) is 5.55. The summed E-state index contributed by atoms with van der Waals surface area (Å²) in [6.07, 6.45) is 4.68. The third-order valence-electron chi connectivity index (χ3n) is 2.80. The Morgan fingerprint density at radius 2 is 1.76 bits per heavy atom. The molecule has 0 saturated heterocycles. The first kappa shape index (κ1) is 11.7. The quantitative estimate of drug-likeness (QED) is 0.877. The maximum atomic E-state index is 13.4. The average Bonchev–Trinajstić information content (AvgIpc) is 2.38. The smallest absolute Gasteiger partial charge is 0.126 e. The van der Waals surface area contributed by atoms with Crippen LogP contribution in [-0.4, -0.2) is 10.1 Å². The van der Waals surface area contributed by atoms with Gasteiger partial charge in [-0.05, 0) is 41.7 Å². The van der Waals surface area contributed by atoms with Crippen molar-refractivity contribution in [3.8, 4) is 0 Å². The number of rotatable bonds is 4. The lowest BCUT2D eigenvalue weighted by molar-refractivity contribution is 0.280. The predicted molar refractivity (Wildman–Crippen MR) is 64.0 cm³/mol. The van der Waals surface area contributed by atoms with Crippen LogP contribution in [0.15, 0.2) is 42.7 Å². The highest BCUT2D eigenvalue weighted by molar-refractivity contribution is 5.25. The molecule has 1 N–H and O–H groups in total. The van der Waals surface area contributed by atoms with Crippen LogP contribution < -0.4 is 0 Å². The van der Waals surface area contributed by atoms with Gasteiger partial charge in [-0.2, -0.15) is 0 Å². The lowest BCUT2D eigenvalue weighted by Gasteiger charge is -2.07. The number of halogens is 1. The van der Waals surface area contributed by atoms with Crippen LogP contribution in [0.1, 0.15) is 16.7 Å². The number of aliphatic hydroxyl groups is 1. The van der Waals surface area contributed by atoms with Crippen LogP contribution in [0, 0.1) is 5.82 Å². The molecule has 88 valence electrons. The Bertz CT molecular complexity index is 499. The van der Waals surface area contributed by atoms with Gasteiger partial charge in [-0.15, -0.1) is 0 Å². The Morgan fingerprint density at radius 3 is 2.53 bits per heavy atom. The van der Waals surface area contributed by atoms with Crippen molar-refractivity contribution in [3.05, 3.63) is 65.2 Å². The van der Waals surface area contributed by atoms with E-state index in [1.807, 2.05) is 12.1 Å². The number of aromatic nitrogens is 1. The van der Waals surface area contributed by atoms with Gasteiger partial charge >= 0.3 is 0 Å². The molecule has 0 aliphatic heterocycles. The molecular formula is C14H14FNO. The van der Waals surface area contributed by atoms with Gasteiger partial charge in [0.2, 0.25) is 0 Å². The van der Waals surface area contributed by atoms with E-state index >= 15 is 0 Å². The van der Waals surface area contributed by atoms with Gasteiger partial charge in [0, 0.05) is 12.4 Å². The molecule has 0 amide bonds. The van der Waals surface area contributed by atoms with Gasteiger partial charge < -0.3 is 5.11 Å². The summed E-state index contributed by atoms with van der Waals surface area (Å²) >= 11 is 0. The summed E-state index contributed by atoms with van der Waals surface area (Å²) in [4.78, 5) is 3.95. The fourth-order valence-corrected chi connectivity index (χ4v) is 1.81. The molecule has 0 saturated carbocycles. The van der Waals surface area contributed by atoms with Gasteiger partial charge in [0.15, 0.2) is 0 Å². The number of nitrogens with zero attached hydrogens (tertiary/aromatic N) is 1. The summed E-state index contributed by atoms with van der Waals surface area (Å²) < 4.78 is 13.4. The average molecular weight is 231 g/mol. The van der Waals surface area contributed by atoms with Gasteiger partial charge in [-0.1, -0.05) is 18.2 Å². The summed E-state index contributed by atoms with van der Waals surface area (Å²) in [5, 5.41) is 9.16. The van der Waals surface area contributed by atoms with E-state index < -0.39 is 0 Å². The highest BCUT2D eigenvalue weighted by atomic mass is 19.1. The number of pyridine rings is 1. The van der Waals surface area contributed by atoms with E-state index in [9.17, 15) is 4.39 Å². The summed E-state index contributed by atoms with van der Waals surface area (Å²) in [6.45, 7) is -0.0273. The van der Waals surface area contributed by atoms with Crippen LogP contribution in [0.25, 0.3) is 0 Å². The van der Waals surface area contributed by atoms with Gasteiger partial charge in [0.25, 0.3) is 0 Å². The molecule has 0 fully saturated rings. The van der Waals surface area contributed by atoms with E-state index in [1.165, 1.54) is 6.07 Å². The van der Waals surface area contributed by atoms with Crippen LogP contribution in [0.2, 0.25) is 0 Å². The van der Waals surface area contributed by atoms with Crippen molar-refractivity contribution in [2.24, 2.45) is 0 Å². The van der Waals surface area contributed by atoms with E-state index in [1.54, 1.807) is 24.5 Å². The lowest BCUT2D eigenvalue weighted by Crippen LogP contribution is -1.99. The van der Waals surface area contributed by atoms with Crippen molar-refractivity contribution in [1.82, 2.24) is 4.98 Å². The van der Waals surface area contributed by atoms with E-state index in [-0.39, 0.29) is 12.4 Å². The van der Waals surface area contributed by atoms with E-state index in [4.69, 9.17) is 5.11 Å². The monoisotopic (exact) mass is 231 g/mol. The summed E-state index contributed by atoms with van der Waals surface area (Å²) in [5.41, 5.74) is 2.53.